The van der Waals surface area contributed by atoms with E-state index in [9.17, 15) is 9.59 Å². The Hall–Kier alpha value is -1.79. The van der Waals surface area contributed by atoms with Crippen LogP contribution in [0, 0.1) is 0 Å². The van der Waals surface area contributed by atoms with E-state index in [4.69, 9.17) is 16.3 Å². The molecule has 7 heteroatoms. The van der Waals surface area contributed by atoms with E-state index in [2.05, 4.69) is 4.99 Å². The SMILES string of the molecule is CCOC(=O)C1=C(C)N=C2S[C@H](C)C(=O)N2[C@H]1c1ccccc1Cl. The van der Waals surface area contributed by atoms with Gasteiger partial charge in [0.25, 0.3) is 0 Å². The summed E-state index contributed by atoms with van der Waals surface area (Å²) in [6.45, 7) is 5.58. The fraction of sp³-hybridized carbons (Fsp3) is 0.353. The zero-order chi connectivity index (χ0) is 17.4. The summed E-state index contributed by atoms with van der Waals surface area (Å²) in [6.07, 6.45) is 0. The number of aliphatic imine (C=N–C) groups is 1. The minimum Gasteiger partial charge on any atom is -0.463 e. The Bertz CT molecular complexity index is 775. The first-order valence-corrected chi connectivity index (χ1v) is 8.92. The summed E-state index contributed by atoms with van der Waals surface area (Å²) in [4.78, 5) is 31.2. The first kappa shape index (κ1) is 17.0. The van der Waals surface area contributed by atoms with Crippen molar-refractivity contribution in [2.75, 3.05) is 6.61 Å². The summed E-state index contributed by atoms with van der Waals surface area (Å²) in [6, 6.07) is 6.60. The molecule has 126 valence electrons. The number of halogens is 1. The average molecular weight is 365 g/mol. The van der Waals surface area contributed by atoms with Gasteiger partial charge in [-0.05, 0) is 32.4 Å². The normalized spacial score (nSPS) is 23.2. The number of carbonyl (C=O) groups excluding carboxylic acids is 2. The molecule has 2 aliphatic rings. The van der Waals surface area contributed by atoms with E-state index >= 15 is 0 Å². The highest BCUT2D eigenvalue weighted by Gasteiger charge is 2.46. The number of esters is 1. The number of rotatable bonds is 3. The van der Waals surface area contributed by atoms with Crippen LogP contribution in [-0.2, 0) is 14.3 Å². The van der Waals surface area contributed by atoms with Crippen LogP contribution in [0.5, 0.6) is 0 Å². The minimum absolute atomic E-state index is 0.0852. The molecular formula is C17H17ClN2O3S. The summed E-state index contributed by atoms with van der Waals surface area (Å²) in [7, 11) is 0. The number of fused-ring (bicyclic) bond motifs is 1. The third-order valence-electron chi connectivity index (χ3n) is 3.95. The van der Waals surface area contributed by atoms with E-state index in [1.807, 2.05) is 25.1 Å². The molecule has 2 atom stereocenters. The molecule has 5 nitrogen and oxygen atoms in total. The van der Waals surface area contributed by atoms with E-state index in [0.717, 1.165) is 0 Å². The van der Waals surface area contributed by atoms with Crippen molar-refractivity contribution in [3.63, 3.8) is 0 Å². The highest BCUT2D eigenvalue weighted by molar-refractivity contribution is 8.15. The fourth-order valence-electron chi connectivity index (χ4n) is 2.86. The van der Waals surface area contributed by atoms with Gasteiger partial charge in [0.2, 0.25) is 5.91 Å². The summed E-state index contributed by atoms with van der Waals surface area (Å²) >= 11 is 7.76. The standard InChI is InChI=1S/C17H17ClN2O3S/c1-4-23-16(22)13-9(2)19-17-20(15(21)10(3)24-17)14(13)11-7-5-6-8-12(11)18/h5-8,10,14H,4H2,1-3H3/t10-,14+/m1/s1. The van der Waals surface area contributed by atoms with E-state index in [1.165, 1.54) is 11.8 Å². The van der Waals surface area contributed by atoms with Gasteiger partial charge in [0, 0.05) is 5.02 Å². The zero-order valence-corrected chi connectivity index (χ0v) is 15.1. The Kier molecular flexibility index (Phi) is 4.69. The number of ether oxygens (including phenoxy) is 1. The van der Waals surface area contributed by atoms with Gasteiger partial charge in [-0.2, -0.15) is 0 Å². The molecule has 0 radical (unpaired) electrons. The first-order chi connectivity index (χ1) is 11.5. The molecule has 0 spiro atoms. The van der Waals surface area contributed by atoms with E-state index in [-0.39, 0.29) is 17.8 Å². The van der Waals surface area contributed by atoms with Crippen LogP contribution in [0.3, 0.4) is 0 Å². The van der Waals surface area contributed by atoms with Gasteiger partial charge in [0.05, 0.1) is 29.2 Å². The van der Waals surface area contributed by atoms with Crippen molar-refractivity contribution in [1.82, 2.24) is 4.90 Å². The van der Waals surface area contributed by atoms with Gasteiger partial charge in [-0.1, -0.05) is 41.6 Å². The van der Waals surface area contributed by atoms with Gasteiger partial charge < -0.3 is 4.74 Å². The maximum absolute atomic E-state index is 12.7. The molecule has 0 aromatic heterocycles. The van der Waals surface area contributed by atoms with Crippen molar-refractivity contribution in [2.24, 2.45) is 4.99 Å². The first-order valence-electron chi connectivity index (χ1n) is 7.66. The number of hydrogen-bond acceptors (Lipinski definition) is 5. The van der Waals surface area contributed by atoms with Gasteiger partial charge in [-0.25, -0.2) is 9.79 Å². The lowest BCUT2D eigenvalue weighted by molar-refractivity contribution is -0.139. The highest BCUT2D eigenvalue weighted by Crippen LogP contribution is 2.44. The molecule has 24 heavy (non-hydrogen) atoms. The average Bonchev–Trinajstić information content (AvgIpc) is 2.81. The Labute approximate surface area is 149 Å². The van der Waals surface area contributed by atoms with Gasteiger partial charge >= 0.3 is 5.97 Å². The number of amides is 1. The third-order valence-corrected chi connectivity index (χ3v) is 5.35. The molecule has 1 saturated heterocycles. The van der Waals surface area contributed by atoms with E-state index in [0.29, 0.717) is 27.0 Å². The lowest BCUT2D eigenvalue weighted by Crippen LogP contribution is -2.40. The lowest BCUT2D eigenvalue weighted by Gasteiger charge is -2.33. The van der Waals surface area contributed by atoms with Gasteiger partial charge in [-0.3, -0.25) is 9.69 Å². The van der Waals surface area contributed by atoms with Crippen molar-refractivity contribution in [1.29, 1.82) is 0 Å². The molecule has 1 amide bonds. The molecule has 0 bridgehead atoms. The molecule has 0 N–H and O–H groups in total. The quantitative estimate of drug-likeness (QED) is 0.769. The molecular weight excluding hydrogens is 348 g/mol. The van der Waals surface area contributed by atoms with Crippen molar-refractivity contribution in [2.45, 2.75) is 32.1 Å². The number of amidine groups is 1. The topological polar surface area (TPSA) is 59.0 Å². The second-order valence-corrected chi connectivity index (χ2v) is 7.22. The molecule has 0 aliphatic carbocycles. The number of allylic oxidation sites excluding steroid dienone is 1. The van der Waals surface area contributed by atoms with Crippen LogP contribution in [0.15, 0.2) is 40.5 Å². The second kappa shape index (κ2) is 6.61. The fourth-order valence-corrected chi connectivity index (χ4v) is 4.13. The monoisotopic (exact) mass is 364 g/mol. The number of thioether (sulfide) groups is 1. The zero-order valence-electron chi connectivity index (χ0n) is 13.6. The Balaban J connectivity index is 2.18. The van der Waals surface area contributed by atoms with E-state index < -0.39 is 12.0 Å². The van der Waals surface area contributed by atoms with E-state index in [1.54, 1.807) is 24.8 Å². The van der Waals surface area contributed by atoms with Crippen LogP contribution in [0.4, 0.5) is 0 Å². The highest BCUT2D eigenvalue weighted by atomic mass is 35.5. The van der Waals surface area contributed by atoms with Crippen LogP contribution >= 0.6 is 23.4 Å². The lowest BCUT2D eigenvalue weighted by atomic mass is 9.94. The number of benzene rings is 1. The number of nitrogens with zero attached hydrogens (tertiary/aromatic N) is 2. The molecule has 0 unspecified atom stereocenters. The second-order valence-electron chi connectivity index (χ2n) is 5.51. The smallest absolute Gasteiger partial charge is 0.338 e. The van der Waals surface area contributed by atoms with Gasteiger partial charge in [0.15, 0.2) is 5.17 Å². The van der Waals surface area contributed by atoms with Crippen molar-refractivity contribution >= 4 is 40.4 Å². The molecule has 1 aromatic carbocycles. The molecule has 3 rings (SSSR count). The van der Waals surface area contributed by atoms with Crippen LogP contribution in [0.25, 0.3) is 0 Å². The summed E-state index contributed by atoms with van der Waals surface area (Å²) in [5, 5.41) is 0.849. The molecule has 2 heterocycles. The molecule has 1 aromatic rings. The number of carbonyl (C=O) groups is 2. The van der Waals surface area contributed by atoms with Gasteiger partial charge in [-0.15, -0.1) is 0 Å². The summed E-state index contributed by atoms with van der Waals surface area (Å²) in [5.41, 5.74) is 1.60. The van der Waals surface area contributed by atoms with Gasteiger partial charge in [0.1, 0.15) is 0 Å². The predicted molar refractivity (Wildman–Crippen MR) is 94.9 cm³/mol. The Morgan fingerprint density at radius 1 is 1.42 bits per heavy atom. The summed E-state index contributed by atoms with van der Waals surface area (Å²) in [5.74, 6) is -0.557. The predicted octanol–water partition coefficient (Wildman–Crippen LogP) is 3.55. The number of hydrogen-bond donors (Lipinski definition) is 0. The third kappa shape index (κ3) is 2.74. The van der Waals surface area contributed by atoms with Crippen molar-refractivity contribution in [3.8, 4) is 0 Å². The molecule has 2 aliphatic heterocycles. The van der Waals surface area contributed by atoms with Crippen molar-refractivity contribution in [3.05, 3.63) is 46.1 Å². The van der Waals surface area contributed by atoms with Crippen molar-refractivity contribution < 1.29 is 14.3 Å². The maximum atomic E-state index is 12.7. The van der Waals surface area contributed by atoms with Crippen LogP contribution in [-0.4, -0.2) is 33.8 Å². The maximum Gasteiger partial charge on any atom is 0.338 e. The molecule has 0 saturated carbocycles. The molecule has 1 fully saturated rings. The van der Waals surface area contributed by atoms with Crippen LogP contribution in [0.2, 0.25) is 5.02 Å². The Morgan fingerprint density at radius 3 is 2.79 bits per heavy atom. The minimum atomic E-state index is -0.616. The van der Waals surface area contributed by atoms with Crippen LogP contribution in [0.1, 0.15) is 32.4 Å². The summed E-state index contributed by atoms with van der Waals surface area (Å²) < 4.78 is 5.20. The Morgan fingerprint density at radius 2 is 2.12 bits per heavy atom. The van der Waals surface area contributed by atoms with Crippen LogP contribution < -0.4 is 0 Å². The largest absolute Gasteiger partial charge is 0.463 e.